The summed E-state index contributed by atoms with van der Waals surface area (Å²) in [5.74, 6) is -1.51. The highest BCUT2D eigenvalue weighted by molar-refractivity contribution is 6.05. The number of ketones is 1. The monoisotopic (exact) mass is 348 g/mol. The molecule has 1 aromatic carbocycles. The van der Waals surface area contributed by atoms with Crippen molar-refractivity contribution in [2.24, 2.45) is 5.41 Å². The van der Waals surface area contributed by atoms with Gasteiger partial charge in [-0.25, -0.2) is 0 Å². The molecular weight excluding hydrogens is 320 g/mol. The van der Waals surface area contributed by atoms with E-state index < -0.39 is 17.4 Å². The van der Waals surface area contributed by atoms with Crippen LogP contribution in [0.5, 0.6) is 0 Å². The Morgan fingerprint density at radius 2 is 1.68 bits per heavy atom. The maximum Gasteiger partial charge on any atom is 0.320 e. The number of benzene rings is 1. The van der Waals surface area contributed by atoms with Gasteiger partial charge in [-0.05, 0) is 25.8 Å². The molecule has 0 N–H and O–H groups in total. The fourth-order valence-corrected chi connectivity index (χ4v) is 2.48. The van der Waals surface area contributed by atoms with Gasteiger partial charge in [0.1, 0.15) is 17.8 Å². The van der Waals surface area contributed by atoms with Crippen molar-refractivity contribution >= 4 is 17.7 Å². The summed E-state index contributed by atoms with van der Waals surface area (Å²) in [4.78, 5) is 37.1. The van der Waals surface area contributed by atoms with Crippen molar-refractivity contribution in [1.82, 2.24) is 0 Å². The lowest BCUT2D eigenvalue weighted by molar-refractivity contribution is -0.166. The molecule has 1 atom stereocenters. The highest BCUT2D eigenvalue weighted by atomic mass is 16.5. The van der Waals surface area contributed by atoms with Crippen molar-refractivity contribution < 1.29 is 23.9 Å². The second-order valence-corrected chi connectivity index (χ2v) is 6.26. The third-order valence-electron chi connectivity index (χ3n) is 4.09. The SMILES string of the molecule is CCCCCC(=O)C(C)(CC(=O)OCC)C(=O)OCc1ccccc1. The fraction of sp³-hybridized carbons (Fsp3) is 0.550. The van der Waals surface area contributed by atoms with Gasteiger partial charge in [-0.1, -0.05) is 50.1 Å². The van der Waals surface area contributed by atoms with E-state index in [9.17, 15) is 14.4 Å². The smallest absolute Gasteiger partial charge is 0.320 e. The maximum absolute atomic E-state index is 12.6. The van der Waals surface area contributed by atoms with Crippen LogP contribution < -0.4 is 0 Å². The number of ether oxygens (including phenoxy) is 2. The van der Waals surface area contributed by atoms with E-state index in [1.54, 1.807) is 6.92 Å². The maximum atomic E-state index is 12.6. The normalized spacial score (nSPS) is 12.9. The van der Waals surface area contributed by atoms with Crippen molar-refractivity contribution in [2.45, 2.75) is 59.5 Å². The fourth-order valence-electron chi connectivity index (χ4n) is 2.48. The molecule has 0 amide bonds. The van der Waals surface area contributed by atoms with Gasteiger partial charge in [0.15, 0.2) is 0 Å². The molecule has 0 spiro atoms. The van der Waals surface area contributed by atoms with Crippen LogP contribution in [-0.4, -0.2) is 24.3 Å². The molecule has 25 heavy (non-hydrogen) atoms. The van der Waals surface area contributed by atoms with E-state index >= 15 is 0 Å². The number of carbonyl (C=O) groups is 3. The van der Waals surface area contributed by atoms with Gasteiger partial charge in [-0.3, -0.25) is 14.4 Å². The summed E-state index contributed by atoms with van der Waals surface area (Å²) in [6.07, 6.45) is 2.53. The average molecular weight is 348 g/mol. The highest BCUT2D eigenvalue weighted by Gasteiger charge is 2.44. The number of carbonyl (C=O) groups excluding carboxylic acids is 3. The number of rotatable bonds is 11. The zero-order chi connectivity index (χ0) is 18.7. The van der Waals surface area contributed by atoms with E-state index in [0.717, 1.165) is 18.4 Å². The molecule has 0 bridgehead atoms. The predicted molar refractivity (Wildman–Crippen MR) is 94.7 cm³/mol. The first-order valence-corrected chi connectivity index (χ1v) is 8.84. The van der Waals surface area contributed by atoms with Crippen LogP contribution in [0.25, 0.3) is 0 Å². The second-order valence-electron chi connectivity index (χ2n) is 6.26. The van der Waals surface area contributed by atoms with E-state index in [4.69, 9.17) is 9.47 Å². The first kappa shape index (κ1) is 20.9. The van der Waals surface area contributed by atoms with Crippen LogP contribution in [0.1, 0.15) is 58.4 Å². The van der Waals surface area contributed by atoms with Crippen molar-refractivity contribution in [3.63, 3.8) is 0 Å². The van der Waals surface area contributed by atoms with E-state index in [2.05, 4.69) is 0 Å². The molecule has 0 aliphatic heterocycles. The minimum absolute atomic E-state index is 0.0698. The van der Waals surface area contributed by atoms with Crippen LogP contribution in [0, 0.1) is 5.41 Å². The largest absolute Gasteiger partial charge is 0.466 e. The van der Waals surface area contributed by atoms with Gasteiger partial charge in [0.2, 0.25) is 0 Å². The Hall–Kier alpha value is -2.17. The molecule has 5 heteroatoms. The molecular formula is C20H28O5. The van der Waals surface area contributed by atoms with Gasteiger partial charge in [-0.2, -0.15) is 0 Å². The summed E-state index contributed by atoms with van der Waals surface area (Å²) in [5.41, 5.74) is -0.679. The Morgan fingerprint density at radius 3 is 2.28 bits per heavy atom. The van der Waals surface area contributed by atoms with Gasteiger partial charge < -0.3 is 9.47 Å². The Morgan fingerprint density at radius 1 is 1.00 bits per heavy atom. The first-order chi connectivity index (χ1) is 11.9. The Balaban J connectivity index is 2.81. The molecule has 0 aromatic heterocycles. The van der Waals surface area contributed by atoms with Crippen molar-refractivity contribution in [3.8, 4) is 0 Å². The summed E-state index contributed by atoms with van der Waals surface area (Å²) in [7, 11) is 0. The van der Waals surface area contributed by atoms with E-state index in [1.165, 1.54) is 6.92 Å². The minimum Gasteiger partial charge on any atom is -0.466 e. The van der Waals surface area contributed by atoms with Gasteiger partial charge in [0.05, 0.1) is 13.0 Å². The molecule has 1 aromatic rings. The number of esters is 2. The molecule has 0 aliphatic rings. The number of hydrogen-bond acceptors (Lipinski definition) is 5. The molecule has 1 unspecified atom stereocenters. The zero-order valence-corrected chi connectivity index (χ0v) is 15.4. The van der Waals surface area contributed by atoms with Crippen molar-refractivity contribution in [3.05, 3.63) is 35.9 Å². The summed E-state index contributed by atoms with van der Waals surface area (Å²) < 4.78 is 10.3. The quantitative estimate of drug-likeness (QED) is 0.345. The van der Waals surface area contributed by atoms with E-state index in [1.807, 2.05) is 37.3 Å². The zero-order valence-electron chi connectivity index (χ0n) is 15.4. The van der Waals surface area contributed by atoms with Crippen molar-refractivity contribution in [1.29, 1.82) is 0 Å². The molecule has 0 saturated heterocycles. The third-order valence-corrected chi connectivity index (χ3v) is 4.09. The number of unbranched alkanes of at least 4 members (excludes halogenated alkanes) is 2. The number of Topliss-reactive ketones (excluding diaryl/α,β-unsaturated/α-hetero) is 1. The molecule has 138 valence electrons. The minimum atomic E-state index is -1.51. The van der Waals surface area contributed by atoms with Crippen LogP contribution in [0.2, 0.25) is 0 Å². The van der Waals surface area contributed by atoms with Crippen molar-refractivity contribution in [2.75, 3.05) is 6.61 Å². The molecule has 0 aliphatic carbocycles. The van der Waals surface area contributed by atoms with E-state index in [0.29, 0.717) is 6.42 Å². The van der Waals surface area contributed by atoms with Gasteiger partial charge in [0, 0.05) is 6.42 Å². The van der Waals surface area contributed by atoms with Crippen LogP contribution in [-0.2, 0) is 30.5 Å². The summed E-state index contributed by atoms with van der Waals surface area (Å²) in [6, 6.07) is 9.22. The molecule has 0 heterocycles. The van der Waals surface area contributed by atoms with Gasteiger partial charge in [0.25, 0.3) is 0 Å². The van der Waals surface area contributed by atoms with Crippen LogP contribution in [0.4, 0.5) is 0 Å². The Labute approximate surface area is 149 Å². The summed E-state index contributed by atoms with van der Waals surface area (Å²) >= 11 is 0. The summed E-state index contributed by atoms with van der Waals surface area (Å²) in [5, 5.41) is 0. The molecule has 0 radical (unpaired) electrons. The second kappa shape index (κ2) is 10.6. The lowest BCUT2D eigenvalue weighted by atomic mass is 9.80. The lowest BCUT2D eigenvalue weighted by Crippen LogP contribution is -2.40. The molecule has 0 fully saturated rings. The van der Waals surface area contributed by atoms with Gasteiger partial charge in [-0.15, -0.1) is 0 Å². The topological polar surface area (TPSA) is 69.7 Å². The first-order valence-electron chi connectivity index (χ1n) is 8.84. The Kier molecular flexibility index (Phi) is 8.89. The van der Waals surface area contributed by atoms with Crippen LogP contribution in [0.3, 0.4) is 0 Å². The summed E-state index contributed by atoms with van der Waals surface area (Å²) in [6.45, 7) is 5.48. The highest BCUT2D eigenvalue weighted by Crippen LogP contribution is 2.28. The van der Waals surface area contributed by atoms with Crippen LogP contribution in [0.15, 0.2) is 30.3 Å². The van der Waals surface area contributed by atoms with Crippen LogP contribution >= 0.6 is 0 Å². The Bertz CT molecular complexity index is 567. The van der Waals surface area contributed by atoms with Gasteiger partial charge >= 0.3 is 11.9 Å². The lowest BCUT2D eigenvalue weighted by Gasteiger charge is -2.25. The predicted octanol–water partition coefficient (Wildman–Crippen LogP) is 3.84. The average Bonchev–Trinajstić information content (AvgIpc) is 2.60. The van der Waals surface area contributed by atoms with E-state index in [-0.39, 0.29) is 31.8 Å². The molecule has 1 rings (SSSR count). The number of hydrogen-bond donors (Lipinski definition) is 0. The molecule has 0 saturated carbocycles. The third kappa shape index (κ3) is 6.69. The standard InChI is InChI=1S/C20H28O5/c1-4-6-8-13-17(21)20(3,14-18(22)24-5-2)19(23)25-15-16-11-9-7-10-12-16/h7,9-12H,4-6,8,13-15H2,1-3H3. The molecule has 5 nitrogen and oxygen atoms in total.